The number of benzene rings is 2. The van der Waals surface area contributed by atoms with Gasteiger partial charge in [0.15, 0.2) is 0 Å². The molecule has 0 aliphatic carbocycles. The van der Waals surface area contributed by atoms with Crippen molar-refractivity contribution >= 4 is 23.7 Å². The summed E-state index contributed by atoms with van der Waals surface area (Å²) in [6.07, 6.45) is 0.959. The van der Waals surface area contributed by atoms with Crippen molar-refractivity contribution in [3.8, 4) is 11.1 Å². The minimum absolute atomic E-state index is 0.0304. The molecule has 2 aromatic carbocycles. The van der Waals surface area contributed by atoms with Gasteiger partial charge < -0.3 is 9.64 Å². The number of hydrogen-bond acceptors (Lipinski definition) is 5. The second-order valence-electron chi connectivity index (χ2n) is 8.82. The molecule has 0 saturated carbocycles. The summed E-state index contributed by atoms with van der Waals surface area (Å²) in [7, 11) is 2.84. The normalized spacial score (nSPS) is 21.4. The third-order valence-electron chi connectivity index (χ3n) is 6.92. The third-order valence-corrected chi connectivity index (χ3v) is 6.92. The summed E-state index contributed by atoms with van der Waals surface area (Å²) in [5.41, 5.74) is 1.50. The molecule has 0 aromatic heterocycles. The van der Waals surface area contributed by atoms with Crippen molar-refractivity contribution in [2.24, 2.45) is 5.92 Å². The first-order valence-corrected chi connectivity index (χ1v) is 11.2. The van der Waals surface area contributed by atoms with Crippen LogP contribution in [-0.2, 0) is 29.3 Å². The van der Waals surface area contributed by atoms with Crippen molar-refractivity contribution in [2.75, 3.05) is 27.2 Å². The Morgan fingerprint density at radius 2 is 1.58 bits per heavy atom. The summed E-state index contributed by atoms with van der Waals surface area (Å²) < 4.78 is 4.82. The smallest absolute Gasteiger partial charge is 0.308 e. The highest BCUT2D eigenvalue weighted by molar-refractivity contribution is 6.10. The molecule has 2 aliphatic rings. The van der Waals surface area contributed by atoms with E-state index in [-0.39, 0.29) is 42.5 Å². The third kappa shape index (κ3) is 4.27. The molecule has 0 bridgehead atoms. The number of likely N-dealkylation sites (N-methyl/N-ethyl adjacent to an activating group) is 1. The molecule has 0 spiro atoms. The van der Waals surface area contributed by atoms with E-state index in [2.05, 4.69) is 0 Å². The molecule has 0 N–H and O–H groups in total. The van der Waals surface area contributed by atoms with E-state index in [1.807, 2.05) is 54.6 Å². The number of esters is 1. The Morgan fingerprint density at radius 1 is 0.970 bits per heavy atom. The van der Waals surface area contributed by atoms with E-state index < -0.39 is 5.41 Å². The van der Waals surface area contributed by atoms with Gasteiger partial charge >= 0.3 is 5.97 Å². The lowest BCUT2D eigenvalue weighted by Crippen LogP contribution is -2.45. The molecule has 2 heterocycles. The fourth-order valence-electron chi connectivity index (χ4n) is 4.87. The maximum absolute atomic E-state index is 13.3. The molecular formula is C26H28N2O5. The highest BCUT2D eigenvalue weighted by Crippen LogP contribution is 2.40. The topological polar surface area (TPSA) is 84.0 Å². The number of amides is 3. The molecule has 4 rings (SSSR count). The lowest BCUT2D eigenvalue weighted by molar-refractivity contribution is -0.149. The van der Waals surface area contributed by atoms with Crippen LogP contribution in [0, 0.1) is 5.92 Å². The quantitative estimate of drug-likeness (QED) is 0.519. The molecule has 1 atom stereocenters. The summed E-state index contributed by atoms with van der Waals surface area (Å²) in [5.74, 6) is -1.28. The largest absolute Gasteiger partial charge is 0.469 e. The number of nitrogens with zero attached hydrogens (tertiary/aromatic N) is 2. The average Bonchev–Trinajstić information content (AvgIpc) is 3.08. The number of piperidine rings is 1. The van der Waals surface area contributed by atoms with Gasteiger partial charge in [0.25, 0.3) is 0 Å². The minimum atomic E-state index is -1.21. The Bertz CT molecular complexity index is 1060. The van der Waals surface area contributed by atoms with E-state index in [9.17, 15) is 19.2 Å². The van der Waals surface area contributed by atoms with Gasteiger partial charge in [-0.1, -0.05) is 54.6 Å². The van der Waals surface area contributed by atoms with Crippen molar-refractivity contribution in [1.29, 1.82) is 0 Å². The first-order chi connectivity index (χ1) is 15.9. The van der Waals surface area contributed by atoms with Gasteiger partial charge in [0.05, 0.1) is 18.4 Å². The van der Waals surface area contributed by atoms with Gasteiger partial charge in [0, 0.05) is 33.0 Å². The second kappa shape index (κ2) is 9.17. The highest BCUT2D eigenvalue weighted by atomic mass is 16.5. The molecule has 2 fully saturated rings. The van der Waals surface area contributed by atoms with Crippen LogP contribution in [-0.4, -0.2) is 60.7 Å². The number of carbonyl (C=O) groups excluding carboxylic acids is 4. The van der Waals surface area contributed by atoms with Crippen LogP contribution in [0.2, 0.25) is 0 Å². The minimum Gasteiger partial charge on any atom is -0.469 e. The lowest BCUT2D eigenvalue weighted by Gasteiger charge is -2.34. The van der Waals surface area contributed by atoms with Gasteiger partial charge in [0.1, 0.15) is 0 Å². The average molecular weight is 449 g/mol. The van der Waals surface area contributed by atoms with Crippen LogP contribution < -0.4 is 0 Å². The van der Waals surface area contributed by atoms with E-state index in [0.717, 1.165) is 16.0 Å². The van der Waals surface area contributed by atoms with Crippen molar-refractivity contribution in [3.63, 3.8) is 0 Å². The Kier molecular flexibility index (Phi) is 6.31. The van der Waals surface area contributed by atoms with Gasteiger partial charge in [0.2, 0.25) is 17.7 Å². The Labute approximate surface area is 193 Å². The van der Waals surface area contributed by atoms with Crippen molar-refractivity contribution in [1.82, 2.24) is 9.80 Å². The van der Waals surface area contributed by atoms with Gasteiger partial charge in [-0.2, -0.15) is 0 Å². The molecule has 7 nitrogen and oxygen atoms in total. The molecule has 0 radical (unpaired) electrons. The summed E-state index contributed by atoms with van der Waals surface area (Å²) in [6, 6.07) is 17.4. The number of likely N-dealkylation sites (tertiary alicyclic amines) is 2. The standard InChI is InChI=1S/C26H28N2O5/c1-27-22(29)16-26(25(27)32,17-23(30)28-14-12-20(13-15-28)24(31)33-2)21-10-8-19(9-11-21)18-6-4-3-5-7-18/h3-11,20H,12-17H2,1-2H3/t26-/m0/s1. The zero-order valence-electron chi connectivity index (χ0n) is 19.0. The molecular weight excluding hydrogens is 420 g/mol. The van der Waals surface area contributed by atoms with Crippen LogP contribution >= 0.6 is 0 Å². The fourth-order valence-corrected chi connectivity index (χ4v) is 4.87. The Hall–Kier alpha value is -3.48. The summed E-state index contributed by atoms with van der Waals surface area (Å²) in [5, 5.41) is 0. The second-order valence-corrected chi connectivity index (χ2v) is 8.82. The van der Waals surface area contributed by atoms with Crippen molar-refractivity contribution < 1.29 is 23.9 Å². The fraction of sp³-hybridized carbons (Fsp3) is 0.385. The Balaban J connectivity index is 1.57. The molecule has 0 unspecified atom stereocenters. The zero-order valence-corrected chi connectivity index (χ0v) is 19.0. The molecule has 7 heteroatoms. The van der Waals surface area contributed by atoms with E-state index >= 15 is 0 Å². The maximum atomic E-state index is 13.3. The van der Waals surface area contributed by atoms with Crippen LogP contribution in [0.15, 0.2) is 54.6 Å². The number of methoxy groups -OCH3 is 1. The van der Waals surface area contributed by atoms with Crippen LogP contribution in [0.25, 0.3) is 11.1 Å². The number of carbonyl (C=O) groups is 4. The molecule has 3 amide bonds. The van der Waals surface area contributed by atoms with E-state index in [1.54, 1.807) is 4.90 Å². The molecule has 2 aromatic rings. The predicted molar refractivity (Wildman–Crippen MR) is 122 cm³/mol. The molecule has 33 heavy (non-hydrogen) atoms. The number of hydrogen-bond donors (Lipinski definition) is 0. The van der Waals surface area contributed by atoms with E-state index in [0.29, 0.717) is 31.5 Å². The number of ether oxygens (including phenoxy) is 1. The lowest BCUT2D eigenvalue weighted by atomic mass is 9.75. The zero-order chi connectivity index (χ0) is 23.6. The Morgan fingerprint density at radius 3 is 2.12 bits per heavy atom. The highest BCUT2D eigenvalue weighted by Gasteiger charge is 2.53. The predicted octanol–water partition coefficient (Wildman–Crippen LogP) is 2.78. The van der Waals surface area contributed by atoms with Gasteiger partial charge in [-0.25, -0.2) is 0 Å². The summed E-state index contributed by atoms with van der Waals surface area (Å²) in [4.78, 5) is 53.6. The van der Waals surface area contributed by atoms with Crippen LogP contribution in [0.5, 0.6) is 0 Å². The van der Waals surface area contributed by atoms with Crippen LogP contribution in [0.4, 0.5) is 0 Å². The van der Waals surface area contributed by atoms with Crippen molar-refractivity contribution in [2.45, 2.75) is 31.1 Å². The maximum Gasteiger partial charge on any atom is 0.308 e. The first kappa shape index (κ1) is 22.7. The summed E-state index contributed by atoms with van der Waals surface area (Å²) >= 11 is 0. The van der Waals surface area contributed by atoms with Gasteiger partial charge in [-0.15, -0.1) is 0 Å². The van der Waals surface area contributed by atoms with Crippen molar-refractivity contribution in [3.05, 3.63) is 60.2 Å². The molecule has 2 aliphatic heterocycles. The number of imide groups is 1. The SMILES string of the molecule is COC(=O)C1CCN(C(=O)C[C@]2(c3ccc(-c4ccccc4)cc3)CC(=O)N(C)C2=O)CC1. The monoisotopic (exact) mass is 448 g/mol. The first-order valence-electron chi connectivity index (χ1n) is 11.2. The summed E-state index contributed by atoms with van der Waals surface area (Å²) in [6.45, 7) is 0.860. The number of rotatable bonds is 5. The van der Waals surface area contributed by atoms with Gasteiger partial charge in [-0.05, 0) is 29.5 Å². The van der Waals surface area contributed by atoms with E-state index in [1.165, 1.54) is 14.2 Å². The van der Waals surface area contributed by atoms with E-state index in [4.69, 9.17) is 4.74 Å². The molecule has 2 saturated heterocycles. The van der Waals surface area contributed by atoms with Gasteiger partial charge in [-0.3, -0.25) is 24.1 Å². The molecule has 172 valence electrons. The van der Waals surface area contributed by atoms with Crippen LogP contribution in [0.3, 0.4) is 0 Å². The van der Waals surface area contributed by atoms with Crippen LogP contribution in [0.1, 0.15) is 31.2 Å².